The maximum atomic E-state index is 12.2. The van der Waals surface area contributed by atoms with Crippen LogP contribution >= 0.6 is 0 Å². The summed E-state index contributed by atoms with van der Waals surface area (Å²) >= 11 is 0. The molecule has 0 saturated carbocycles. The van der Waals surface area contributed by atoms with E-state index in [4.69, 9.17) is 4.74 Å². The minimum atomic E-state index is -3.41. The Kier molecular flexibility index (Phi) is 4.95. The smallest absolute Gasteiger partial charge is 0.255 e. The predicted octanol–water partition coefficient (Wildman–Crippen LogP) is 2.49. The molecule has 0 bridgehead atoms. The maximum absolute atomic E-state index is 12.2. The number of sulfone groups is 1. The number of carbonyl (C=O) groups is 1. The van der Waals surface area contributed by atoms with Gasteiger partial charge in [0.25, 0.3) is 5.91 Å². The van der Waals surface area contributed by atoms with Gasteiger partial charge in [-0.05, 0) is 29.8 Å². The fraction of sp³-hybridized carbons (Fsp3) is 0.188. The molecule has 0 heterocycles. The molecule has 0 fully saturated rings. The predicted molar refractivity (Wildman–Crippen MR) is 84.7 cm³/mol. The van der Waals surface area contributed by atoms with E-state index in [1.807, 2.05) is 0 Å². The second-order valence-electron chi connectivity index (χ2n) is 4.85. The second kappa shape index (κ2) is 6.72. The van der Waals surface area contributed by atoms with Gasteiger partial charge >= 0.3 is 0 Å². The van der Waals surface area contributed by atoms with Gasteiger partial charge in [0, 0.05) is 18.9 Å². The summed E-state index contributed by atoms with van der Waals surface area (Å²) in [6, 6.07) is 13.2. The van der Waals surface area contributed by atoms with Crippen LogP contribution < -0.4 is 5.32 Å². The lowest BCUT2D eigenvalue weighted by Gasteiger charge is -2.10. The molecule has 0 aliphatic rings. The molecular weight excluding hydrogens is 302 g/mol. The van der Waals surface area contributed by atoms with Crippen LogP contribution in [0.25, 0.3) is 0 Å². The molecule has 1 amide bonds. The fourth-order valence-electron chi connectivity index (χ4n) is 2.01. The van der Waals surface area contributed by atoms with Gasteiger partial charge in [-0.15, -0.1) is 0 Å². The zero-order valence-electron chi connectivity index (χ0n) is 12.4. The highest BCUT2D eigenvalue weighted by molar-refractivity contribution is 7.90. The first kappa shape index (κ1) is 16.2. The van der Waals surface area contributed by atoms with Gasteiger partial charge in [0.2, 0.25) is 0 Å². The second-order valence-corrected chi connectivity index (χ2v) is 6.84. The minimum Gasteiger partial charge on any atom is -0.380 e. The van der Waals surface area contributed by atoms with Crippen molar-refractivity contribution in [3.8, 4) is 0 Å². The topological polar surface area (TPSA) is 72.5 Å². The number of benzene rings is 2. The van der Waals surface area contributed by atoms with Crippen LogP contribution in [-0.2, 0) is 21.2 Å². The van der Waals surface area contributed by atoms with Crippen LogP contribution in [0.3, 0.4) is 0 Å². The van der Waals surface area contributed by atoms with Crippen molar-refractivity contribution in [3.63, 3.8) is 0 Å². The molecular formula is C16H17NO4S. The Labute approximate surface area is 129 Å². The first-order valence-corrected chi connectivity index (χ1v) is 8.49. The lowest BCUT2D eigenvalue weighted by Crippen LogP contribution is -2.14. The van der Waals surface area contributed by atoms with Crippen molar-refractivity contribution < 1.29 is 17.9 Å². The summed E-state index contributed by atoms with van der Waals surface area (Å²) in [4.78, 5) is 12.3. The van der Waals surface area contributed by atoms with Crippen molar-refractivity contribution in [2.45, 2.75) is 11.5 Å². The van der Waals surface area contributed by atoms with Crippen molar-refractivity contribution in [1.29, 1.82) is 0 Å². The third-order valence-electron chi connectivity index (χ3n) is 3.06. The van der Waals surface area contributed by atoms with Gasteiger partial charge in [-0.1, -0.05) is 24.3 Å². The van der Waals surface area contributed by atoms with Crippen LogP contribution in [0.2, 0.25) is 0 Å². The minimum absolute atomic E-state index is 0.0966. The van der Waals surface area contributed by atoms with E-state index in [0.717, 1.165) is 11.8 Å². The average molecular weight is 319 g/mol. The molecule has 0 radical (unpaired) electrons. The van der Waals surface area contributed by atoms with Crippen molar-refractivity contribution >= 4 is 21.4 Å². The number of hydrogen-bond donors (Lipinski definition) is 1. The van der Waals surface area contributed by atoms with Crippen LogP contribution in [-0.4, -0.2) is 27.7 Å². The quantitative estimate of drug-likeness (QED) is 0.919. The van der Waals surface area contributed by atoms with E-state index < -0.39 is 9.84 Å². The Bertz CT molecular complexity index is 767. The lowest BCUT2D eigenvalue weighted by atomic mass is 10.1. The Morgan fingerprint density at radius 1 is 1.09 bits per heavy atom. The Morgan fingerprint density at radius 2 is 1.73 bits per heavy atom. The largest absolute Gasteiger partial charge is 0.380 e. The van der Waals surface area contributed by atoms with Crippen molar-refractivity contribution in [2.75, 3.05) is 18.7 Å². The van der Waals surface area contributed by atoms with Gasteiger partial charge in [-0.3, -0.25) is 4.79 Å². The van der Waals surface area contributed by atoms with E-state index in [2.05, 4.69) is 5.32 Å². The molecule has 0 spiro atoms. The van der Waals surface area contributed by atoms with Crippen LogP contribution in [0.15, 0.2) is 53.4 Å². The third-order valence-corrected chi connectivity index (χ3v) is 4.22. The van der Waals surface area contributed by atoms with E-state index in [1.54, 1.807) is 49.6 Å². The van der Waals surface area contributed by atoms with Crippen molar-refractivity contribution in [2.24, 2.45) is 0 Å². The lowest BCUT2D eigenvalue weighted by molar-refractivity contribution is 0.102. The first-order chi connectivity index (χ1) is 10.4. The van der Waals surface area contributed by atoms with E-state index in [0.29, 0.717) is 12.2 Å². The van der Waals surface area contributed by atoms with E-state index in [-0.39, 0.29) is 16.5 Å². The number of rotatable bonds is 5. The molecule has 22 heavy (non-hydrogen) atoms. The van der Waals surface area contributed by atoms with Gasteiger partial charge in [0.15, 0.2) is 9.84 Å². The number of hydrogen-bond acceptors (Lipinski definition) is 4. The summed E-state index contributed by atoms with van der Waals surface area (Å²) in [5, 5.41) is 2.64. The molecule has 2 aromatic carbocycles. The highest BCUT2D eigenvalue weighted by atomic mass is 32.2. The molecule has 2 rings (SSSR count). The summed E-state index contributed by atoms with van der Waals surface area (Å²) in [7, 11) is -1.81. The summed E-state index contributed by atoms with van der Waals surface area (Å²) in [5.74, 6) is -0.361. The number of methoxy groups -OCH3 is 1. The first-order valence-electron chi connectivity index (χ1n) is 6.60. The Hall–Kier alpha value is -2.18. The Morgan fingerprint density at radius 3 is 2.32 bits per heavy atom. The van der Waals surface area contributed by atoms with Crippen LogP contribution in [0.4, 0.5) is 5.69 Å². The summed E-state index contributed by atoms with van der Waals surface area (Å²) in [5.41, 5.74) is 1.68. The average Bonchev–Trinajstić information content (AvgIpc) is 2.48. The monoisotopic (exact) mass is 319 g/mol. The molecule has 0 aliphatic heterocycles. The van der Waals surface area contributed by atoms with Gasteiger partial charge < -0.3 is 10.1 Å². The number of ether oxygens (including phenoxy) is 1. The molecule has 6 heteroatoms. The molecule has 5 nitrogen and oxygen atoms in total. The van der Waals surface area contributed by atoms with E-state index >= 15 is 0 Å². The molecule has 0 atom stereocenters. The highest BCUT2D eigenvalue weighted by Gasteiger charge is 2.15. The van der Waals surface area contributed by atoms with Crippen molar-refractivity contribution in [1.82, 2.24) is 0 Å². The number of carbonyl (C=O) groups excluding carboxylic acids is 1. The van der Waals surface area contributed by atoms with Gasteiger partial charge in [-0.25, -0.2) is 8.42 Å². The standard InChI is InChI=1S/C16H17NO4S/c1-21-11-12-7-9-13(10-8-12)16(18)17-14-5-3-4-6-15(14)22(2,19)20/h3-10H,11H2,1-2H3,(H,17,18). The number of nitrogens with one attached hydrogen (secondary N) is 1. The van der Waals surface area contributed by atoms with Crippen molar-refractivity contribution in [3.05, 3.63) is 59.7 Å². The van der Waals surface area contributed by atoms with Crippen LogP contribution in [0.1, 0.15) is 15.9 Å². The summed E-state index contributed by atoms with van der Waals surface area (Å²) in [6.45, 7) is 0.471. The van der Waals surface area contributed by atoms with E-state index in [9.17, 15) is 13.2 Å². The molecule has 1 N–H and O–H groups in total. The molecule has 116 valence electrons. The summed E-state index contributed by atoms with van der Waals surface area (Å²) < 4.78 is 28.5. The zero-order valence-corrected chi connectivity index (χ0v) is 13.2. The van der Waals surface area contributed by atoms with E-state index in [1.165, 1.54) is 6.07 Å². The Balaban J connectivity index is 2.22. The van der Waals surface area contributed by atoms with Gasteiger partial charge in [0.1, 0.15) is 0 Å². The van der Waals surface area contributed by atoms with Crippen LogP contribution in [0, 0.1) is 0 Å². The SMILES string of the molecule is COCc1ccc(C(=O)Nc2ccccc2S(C)(=O)=O)cc1. The molecule has 0 aromatic heterocycles. The van der Waals surface area contributed by atoms with Gasteiger partial charge in [-0.2, -0.15) is 0 Å². The third kappa shape index (κ3) is 3.93. The normalized spacial score (nSPS) is 11.2. The maximum Gasteiger partial charge on any atom is 0.255 e. The molecule has 0 unspecified atom stereocenters. The highest BCUT2D eigenvalue weighted by Crippen LogP contribution is 2.21. The fourth-order valence-corrected chi connectivity index (χ4v) is 2.85. The number of amides is 1. The molecule has 0 aliphatic carbocycles. The molecule has 2 aromatic rings. The molecule has 0 saturated heterocycles. The van der Waals surface area contributed by atoms with Gasteiger partial charge in [0.05, 0.1) is 17.2 Å². The van der Waals surface area contributed by atoms with Crippen LogP contribution in [0.5, 0.6) is 0 Å². The number of para-hydroxylation sites is 1. The number of anilines is 1. The summed E-state index contributed by atoms with van der Waals surface area (Å²) in [6.07, 6.45) is 1.11. The zero-order chi connectivity index (χ0) is 16.2.